The maximum absolute atomic E-state index is 13.3. The van der Waals surface area contributed by atoms with Crippen LogP contribution in [0.2, 0.25) is 0 Å². The molecule has 1 fully saturated rings. The van der Waals surface area contributed by atoms with Crippen LogP contribution in [-0.4, -0.2) is 27.8 Å². The van der Waals surface area contributed by atoms with E-state index in [9.17, 15) is 13.8 Å². The highest BCUT2D eigenvalue weighted by Gasteiger charge is 2.45. The lowest BCUT2D eigenvalue weighted by Gasteiger charge is -2.24. The molecule has 27 heavy (non-hydrogen) atoms. The van der Waals surface area contributed by atoms with E-state index in [1.807, 2.05) is 36.4 Å². The van der Waals surface area contributed by atoms with Crippen LogP contribution in [0.5, 0.6) is 0 Å². The number of benzene rings is 1. The number of esters is 1. The van der Waals surface area contributed by atoms with Gasteiger partial charge < -0.3 is 4.74 Å². The van der Waals surface area contributed by atoms with Gasteiger partial charge in [-0.1, -0.05) is 50.1 Å². The van der Waals surface area contributed by atoms with Crippen molar-refractivity contribution >= 4 is 22.6 Å². The molecule has 0 aliphatic heterocycles. The van der Waals surface area contributed by atoms with Gasteiger partial charge in [0.15, 0.2) is 0 Å². The Morgan fingerprint density at radius 2 is 2.00 bits per heavy atom. The lowest BCUT2D eigenvalue weighted by Crippen LogP contribution is -2.35. The summed E-state index contributed by atoms with van der Waals surface area (Å²) in [7, 11) is -1.32. The molecule has 0 saturated heterocycles. The van der Waals surface area contributed by atoms with Gasteiger partial charge in [0.05, 0.1) is 22.7 Å². The van der Waals surface area contributed by atoms with Crippen molar-refractivity contribution < 1.29 is 18.5 Å². The van der Waals surface area contributed by atoms with Crippen LogP contribution >= 0.6 is 0 Å². The highest BCUT2D eigenvalue weighted by molar-refractivity contribution is 7.85. The smallest absolute Gasteiger partial charge is 0.316 e. The number of Topliss-reactive ketones (excluding diaryl/α,β-unsaturated/α-hetero) is 1. The lowest BCUT2D eigenvalue weighted by atomic mass is 9.91. The number of hydrogen-bond donors (Lipinski definition) is 0. The number of ketones is 1. The van der Waals surface area contributed by atoms with Crippen LogP contribution in [0.1, 0.15) is 52.4 Å². The Kier molecular flexibility index (Phi) is 8.92. The summed E-state index contributed by atoms with van der Waals surface area (Å²) in [5.41, 5.74) is 0. The van der Waals surface area contributed by atoms with Gasteiger partial charge in [0.25, 0.3) is 0 Å². The van der Waals surface area contributed by atoms with Gasteiger partial charge in [-0.2, -0.15) is 0 Å². The molecule has 4 nitrogen and oxygen atoms in total. The average Bonchev–Trinajstić information content (AvgIpc) is 3.06. The molecule has 0 N–H and O–H groups in total. The van der Waals surface area contributed by atoms with Crippen molar-refractivity contribution in [3.8, 4) is 0 Å². The second kappa shape index (κ2) is 11.2. The zero-order chi connectivity index (χ0) is 19.6. The molecule has 0 heterocycles. The summed E-state index contributed by atoms with van der Waals surface area (Å²) in [5, 5.41) is -0.366. The minimum atomic E-state index is -1.32. The summed E-state index contributed by atoms with van der Waals surface area (Å²) in [6.07, 6.45) is 9.26. The molecule has 148 valence electrons. The second-order valence-corrected chi connectivity index (χ2v) is 8.51. The maximum atomic E-state index is 13.3. The number of ether oxygens (including phenoxy) is 1. The molecule has 4 atom stereocenters. The molecule has 0 amide bonds. The molecule has 1 aliphatic rings. The van der Waals surface area contributed by atoms with Crippen molar-refractivity contribution in [2.24, 2.45) is 11.8 Å². The van der Waals surface area contributed by atoms with Crippen LogP contribution in [0.25, 0.3) is 0 Å². The van der Waals surface area contributed by atoms with Crippen molar-refractivity contribution in [3.05, 3.63) is 42.5 Å². The quantitative estimate of drug-likeness (QED) is 0.256. The Morgan fingerprint density at radius 3 is 2.67 bits per heavy atom. The van der Waals surface area contributed by atoms with Gasteiger partial charge in [0.1, 0.15) is 11.7 Å². The first-order valence-corrected chi connectivity index (χ1v) is 11.1. The zero-order valence-electron chi connectivity index (χ0n) is 16.3. The van der Waals surface area contributed by atoms with Gasteiger partial charge in [-0.3, -0.25) is 13.8 Å². The maximum Gasteiger partial charge on any atom is 0.316 e. The van der Waals surface area contributed by atoms with Crippen molar-refractivity contribution in [2.75, 3.05) is 6.61 Å². The topological polar surface area (TPSA) is 60.4 Å². The van der Waals surface area contributed by atoms with Crippen LogP contribution in [-0.2, 0) is 25.1 Å². The predicted molar refractivity (Wildman–Crippen MR) is 108 cm³/mol. The molecule has 5 heteroatoms. The van der Waals surface area contributed by atoms with Crippen molar-refractivity contribution in [2.45, 2.75) is 62.5 Å². The Balaban J connectivity index is 2.26. The SMILES string of the molecule is CCCCC/C=C/C(C1CCC(=O)C1C(=O)OCC)S(=O)c1ccccc1. The third kappa shape index (κ3) is 5.86. The summed E-state index contributed by atoms with van der Waals surface area (Å²) in [6.45, 7) is 4.14. The fraction of sp³-hybridized carbons (Fsp3) is 0.545. The van der Waals surface area contributed by atoms with Gasteiger partial charge in [-0.05, 0) is 44.2 Å². The summed E-state index contributed by atoms with van der Waals surface area (Å²) >= 11 is 0. The number of rotatable bonds is 10. The standard InChI is InChI=1S/C22H30O4S/c1-3-5-6-7-11-14-20(27(25)17-12-9-8-10-13-17)18-15-16-19(23)21(18)22(24)26-4-2/h8-14,18,20-21H,3-7,15-16H2,1-2H3/b14-11+. The zero-order valence-corrected chi connectivity index (χ0v) is 17.1. The third-order valence-corrected chi connectivity index (χ3v) is 6.72. The molecule has 0 spiro atoms. The Bertz CT molecular complexity index is 668. The second-order valence-electron chi connectivity index (χ2n) is 6.90. The average molecular weight is 391 g/mol. The first-order valence-electron chi connectivity index (χ1n) is 9.91. The molecule has 1 saturated carbocycles. The fourth-order valence-electron chi connectivity index (χ4n) is 3.59. The van der Waals surface area contributed by atoms with E-state index in [-0.39, 0.29) is 23.6 Å². The third-order valence-electron chi connectivity index (χ3n) is 4.98. The van der Waals surface area contributed by atoms with Crippen LogP contribution in [0, 0.1) is 11.8 Å². The normalized spacial score (nSPS) is 22.1. The molecule has 1 aliphatic carbocycles. The minimum absolute atomic E-state index is 0.0899. The molecule has 0 radical (unpaired) electrons. The first kappa shape index (κ1) is 21.5. The molecular weight excluding hydrogens is 360 g/mol. The first-order chi connectivity index (χ1) is 13.1. The van der Waals surface area contributed by atoms with Crippen molar-refractivity contribution in [1.82, 2.24) is 0 Å². The van der Waals surface area contributed by atoms with Gasteiger partial charge in [0.2, 0.25) is 0 Å². The number of unbranched alkanes of at least 4 members (excludes halogenated alkanes) is 3. The number of hydrogen-bond acceptors (Lipinski definition) is 4. The van der Waals surface area contributed by atoms with Gasteiger partial charge in [0, 0.05) is 11.3 Å². The molecule has 0 bridgehead atoms. The van der Waals surface area contributed by atoms with E-state index < -0.39 is 22.7 Å². The Hall–Kier alpha value is -1.75. The lowest BCUT2D eigenvalue weighted by molar-refractivity contribution is -0.151. The summed E-state index contributed by atoms with van der Waals surface area (Å²) in [6, 6.07) is 9.28. The van der Waals surface area contributed by atoms with E-state index in [1.54, 1.807) is 6.92 Å². The van der Waals surface area contributed by atoms with E-state index >= 15 is 0 Å². The summed E-state index contributed by atoms with van der Waals surface area (Å²) in [4.78, 5) is 25.5. The largest absolute Gasteiger partial charge is 0.465 e. The number of carbonyl (C=O) groups is 2. The molecular formula is C22H30O4S. The number of allylic oxidation sites excluding steroid dienone is 1. The van der Waals surface area contributed by atoms with Crippen molar-refractivity contribution in [3.63, 3.8) is 0 Å². The highest BCUT2D eigenvalue weighted by Crippen LogP contribution is 2.36. The molecule has 2 rings (SSSR count). The number of carbonyl (C=O) groups excluding carboxylic acids is 2. The predicted octanol–water partition coefficient (Wildman–Crippen LogP) is 4.46. The van der Waals surface area contributed by atoms with Crippen LogP contribution in [0.3, 0.4) is 0 Å². The van der Waals surface area contributed by atoms with E-state index in [4.69, 9.17) is 4.74 Å². The Labute approximate surface area is 164 Å². The summed E-state index contributed by atoms with van der Waals surface area (Å²) in [5.74, 6) is -1.64. The van der Waals surface area contributed by atoms with Crippen LogP contribution < -0.4 is 0 Å². The van der Waals surface area contributed by atoms with Crippen LogP contribution in [0.4, 0.5) is 0 Å². The van der Waals surface area contributed by atoms with Crippen LogP contribution in [0.15, 0.2) is 47.4 Å². The van der Waals surface area contributed by atoms with E-state index in [0.29, 0.717) is 12.8 Å². The highest BCUT2D eigenvalue weighted by atomic mass is 32.2. The van der Waals surface area contributed by atoms with E-state index in [2.05, 4.69) is 13.0 Å². The molecule has 1 aromatic rings. The van der Waals surface area contributed by atoms with E-state index in [0.717, 1.165) is 30.6 Å². The molecule has 0 aromatic heterocycles. The van der Waals surface area contributed by atoms with Gasteiger partial charge in [-0.15, -0.1) is 0 Å². The van der Waals surface area contributed by atoms with Gasteiger partial charge in [-0.25, -0.2) is 0 Å². The van der Waals surface area contributed by atoms with Gasteiger partial charge >= 0.3 is 5.97 Å². The molecule has 4 unspecified atom stereocenters. The van der Waals surface area contributed by atoms with Crippen molar-refractivity contribution in [1.29, 1.82) is 0 Å². The Morgan fingerprint density at radius 1 is 1.26 bits per heavy atom. The minimum Gasteiger partial charge on any atom is -0.465 e. The fourth-order valence-corrected chi connectivity index (χ4v) is 5.19. The summed E-state index contributed by atoms with van der Waals surface area (Å²) < 4.78 is 18.4. The molecule has 1 aromatic carbocycles. The van der Waals surface area contributed by atoms with E-state index in [1.165, 1.54) is 0 Å². The monoisotopic (exact) mass is 390 g/mol.